The molecule has 0 aliphatic carbocycles. The highest BCUT2D eigenvalue weighted by Crippen LogP contribution is 2.22. The summed E-state index contributed by atoms with van der Waals surface area (Å²) in [5.74, 6) is -0.203. The predicted octanol–water partition coefficient (Wildman–Crippen LogP) is 1.37. The van der Waals surface area contributed by atoms with Gasteiger partial charge in [0.15, 0.2) is 6.29 Å². The number of rotatable bonds is 18. The Morgan fingerprint density at radius 1 is 0.909 bits per heavy atom. The number of hydrogen-bond donors (Lipinski definition) is 6. The van der Waals surface area contributed by atoms with Crippen molar-refractivity contribution in [3.63, 3.8) is 0 Å². The van der Waals surface area contributed by atoms with Crippen molar-refractivity contribution < 1.29 is 39.8 Å². The molecule has 0 radical (unpaired) electrons. The summed E-state index contributed by atoms with van der Waals surface area (Å²) in [5, 5.41) is 52.7. The monoisotopic (exact) mass is 477 g/mol. The predicted molar refractivity (Wildman–Crippen MR) is 124 cm³/mol. The summed E-state index contributed by atoms with van der Waals surface area (Å²) in [6.45, 7) is 3.40. The van der Waals surface area contributed by atoms with Crippen LogP contribution in [-0.4, -0.2) is 87.5 Å². The summed E-state index contributed by atoms with van der Waals surface area (Å²) in [7, 11) is 0. The summed E-state index contributed by atoms with van der Waals surface area (Å²) >= 11 is 0. The Hall–Kier alpha value is -0.810. The number of aliphatic hydroxyl groups excluding tert-OH is 5. The summed E-state index contributed by atoms with van der Waals surface area (Å²) in [6, 6.07) is -0.703. The van der Waals surface area contributed by atoms with E-state index < -0.39 is 49.5 Å². The van der Waals surface area contributed by atoms with Crippen molar-refractivity contribution in [2.45, 2.75) is 134 Å². The standard InChI is InChI=1S/C24H47NO8/c1-3-5-6-7-8-9-10-11-12-14-18(27)17(25-20(28)13-4-2)16-32-24-23(31)22(30)21(29)19(15-26)33-24/h17-19,21-24,26-27,29-31H,3-16H2,1-2H3,(H,25,28). The van der Waals surface area contributed by atoms with Gasteiger partial charge in [0.1, 0.15) is 24.4 Å². The van der Waals surface area contributed by atoms with Crippen molar-refractivity contribution in [1.29, 1.82) is 0 Å². The second-order valence-corrected chi connectivity index (χ2v) is 9.14. The molecule has 1 amide bonds. The minimum Gasteiger partial charge on any atom is -0.394 e. The first kappa shape index (κ1) is 30.2. The second kappa shape index (κ2) is 17.6. The van der Waals surface area contributed by atoms with Crippen LogP contribution in [0.3, 0.4) is 0 Å². The van der Waals surface area contributed by atoms with Crippen LogP contribution in [0.1, 0.15) is 90.9 Å². The minimum absolute atomic E-state index is 0.142. The fraction of sp³-hybridized carbons (Fsp3) is 0.958. The molecule has 9 nitrogen and oxygen atoms in total. The fourth-order valence-corrected chi connectivity index (χ4v) is 4.02. The lowest BCUT2D eigenvalue weighted by atomic mass is 9.99. The zero-order valence-corrected chi connectivity index (χ0v) is 20.4. The number of nitrogens with one attached hydrogen (secondary N) is 1. The molecule has 0 saturated carbocycles. The van der Waals surface area contributed by atoms with Crippen LogP contribution in [0.15, 0.2) is 0 Å². The highest BCUT2D eigenvalue weighted by Gasteiger charge is 2.44. The van der Waals surface area contributed by atoms with Gasteiger partial charge in [-0.05, 0) is 12.8 Å². The highest BCUT2D eigenvalue weighted by atomic mass is 16.7. The van der Waals surface area contributed by atoms with Gasteiger partial charge in [-0.15, -0.1) is 0 Å². The first-order chi connectivity index (χ1) is 15.8. The Morgan fingerprint density at radius 3 is 2.09 bits per heavy atom. The molecule has 9 heteroatoms. The quantitative estimate of drug-likeness (QED) is 0.162. The normalized spacial score (nSPS) is 27.3. The molecule has 1 fully saturated rings. The van der Waals surface area contributed by atoms with Crippen molar-refractivity contribution in [3.8, 4) is 0 Å². The van der Waals surface area contributed by atoms with Gasteiger partial charge in [0, 0.05) is 6.42 Å². The maximum absolute atomic E-state index is 12.1. The van der Waals surface area contributed by atoms with Gasteiger partial charge in [-0.2, -0.15) is 0 Å². The van der Waals surface area contributed by atoms with E-state index in [1.807, 2.05) is 6.92 Å². The zero-order chi connectivity index (χ0) is 24.6. The van der Waals surface area contributed by atoms with Crippen LogP contribution < -0.4 is 5.32 Å². The van der Waals surface area contributed by atoms with Crippen molar-refractivity contribution in [3.05, 3.63) is 0 Å². The summed E-state index contributed by atoms with van der Waals surface area (Å²) in [6.07, 6.45) is 4.25. The van der Waals surface area contributed by atoms with Gasteiger partial charge in [0.25, 0.3) is 0 Å². The summed E-state index contributed by atoms with van der Waals surface area (Å²) in [5.41, 5.74) is 0. The van der Waals surface area contributed by atoms with Gasteiger partial charge in [0.2, 0.25) is 5.91 Å². The van der Waals surface area contributed by atoms with Gasteiger partial charge >= 0.3 is 0 Å². The van der Waals surface area contributed by atoms with E-state index in [4.69, 9.17) is 9.47 Å². The Morgan fingerprint density at radius 2 is 1.52 bits per heavy atom. The van der Waals surface area contributed by atoms with E-state index >= 15 is 0 Å². The third-order valence-electron chi connectivity index (χ3n) is 6.18. The molecule has 1 aliphatic heterocycles. The van der Waals surface area contributed by atoms with E-state index in [1.165, 1.54) is 38.5 Å². The molecule has 0 aromatic carbocycles. The Balaban J connectivity index is 2.49. The molecule has 1 saturated heterocycles. The van der Waals surface area contributed by atoms with Gasteiger partial charge < -0.3 is 40.3 Å². The van der Waals surface area contributed by atoms with Crippen LogP contribution >= 0.6 is 0 Å². The Kier molecular flexibility index (Phi) is 16.1. The van der Waals surface area contributed by atoms with Crippen molar-refractivity contribution in [2.24, 2.45) is 0 Å². The maximum Gasteiger partial charge on any atom is 0.220 e. The number of hydrogen-bond acceptors (Lipinski definition) is 8. The molecule has 33 heavy (non-hydrogen) atoms. The first-order valence-corrected chi connectivity index (χ1v) is 12.7. The molecule has 0 aromatic heterocycles. The number of carbonyl (C=O) groups excluding carboxylic acids is 1. The summed E-state index contributed by atoms with van der Waals surface area (Å²) < 4.78 is 10.9. The molecule has 1 aliphatic rings. The lowest BCUT2D eigenvalue weighted by Crippen LogP contribution is -2.60. The molecule has 196 valence electrons. The zero-order valence-electron chi connectivity index (χ0n) is 20.4. The maximum atomic E-state index is 12.1. The van der Waals surface area contributed by atoms with E-state index in [0.717, 1.165) is 19.3 Å². The van der Waals surface area contributed by atoms with E-state index in [1.54, 1.807) is 0 Å². The van der Waals surface area contributed by atoms with Crippen LogP contribution in [0.25, 0.3) is 0 Å². The van der Waals surface area contributed by atoms with Crippen LogP contribution in [-0.2, 0) is 14.3 Å². The van der Waals surface area contributed by atoms with Crippen molar-refractivity contribution in [2.75, 3.05) is 13.2 Å². The highest BCUT2D eigenvalue weighted by molar-refractivity contribution is 5.76. The number of unbranched alkanes of at least 4 members (excludes halogenated alkanes) is 8. The molecule has 0 bridgehead atoms. The number of ether oxygens (including phenoxy) is 2. The van der Waals surface area contributed by atoms with E-state index in [2.05, 4.69) is 12.2 Å². The van der Waals surface area contributed by atoms with E-state index in [9.17, 15) is 30.3 Å². The molecule has 7 unspecified atom stereocenters. The smallest absolute Gasteiger partial charge is 0.220 e. The van der Waals surface area contributed by atoms with Crippen molar-refractivity contribution >= 4 is 5.91 Å². The minimum atomic E-state index is -1.54. The van der Waals surface area contributed by atoms with Gasteiger partial charge in [-0.25, -0.2) is 0 Å². The number of aliphatic hydroxyl groups is 5. The number of carbonyl (C=O) groups is 1. The van der Waals surface area contributed by atoms with Crippen LogP contribution in [0, 0.1) is 0 Å². The molecule has 0 aromatic rings. The van der Waals surface area contributed by atoms with E-state index in [-0.39, 0.29) is 12.5 Å². The topological polar surface area (TPSA) is 149 Å². The molecule has 1 rings (SSSR count). The summed E-state index contributed by atoms with van der Waals surface area (Å²) in [4.78, 5) is 12.1. The van der Waals surface area contributed by atoms with Crippen molar-refractivity contribution in [1.82, 2.24) is 5.32 Å². The average molecular weight is 478 g/mol. The molecular formula is C24H47NO8. The van der Waals surface area contributed by atoms with Crippen LogP contribution in [0.2, 0.25) is 0 Å². The lowest BCUT2D eigenvalue weighted by molar-refractivity contribution is -0.302. The average Bonchev–Trinajstić information content (AvgIpc) is 2.80. The Bertz CT molecular complexity index is 507. The third-order valence-corrected chi connectivity index (χ3v) is 6.18. The van der Waals surface area contributed by atoms with Crippen LogP contribution in [0.5, 0.6) is 0 Å². The third kappa shape index (κ3) is 11.4. The first-order valence-electron chi connectivity index (χ1n) is 12.7. The largest absolute Gasteiger partial charge is 0.394 e. The van der Waals surface area contributed by atoms with Gasteiger partial charge in [-0.3, -0.25) is 4.79 Å². The Labute approximate surface area is 198 Å². The van der Waals surface area contributed by atoms with Crippen LogP contribution in [0.4, 0.5) is 0 Å². The van der Waals surface area contributed by atoms with E-state index in [0.29, 0.717) is 19.3 Å². The molecule has 1 heterocycles. The lowest BCUT2D eigenvalue weighted by Gasteiger charge is -2.40. The second-order valence-electron chi connectivity index (χ2n) is 9.14. The molecule has 6 N–H and O–H groups in total. The van der Waals surface area contributed by atoms with Gasteiger partial charge in [-0.1, -0.05) is 71.6 Å². The molecular weight excluding hydrogens is 430 g/mol. The fourth-order valence-electron chi connectivity index (χ4n) is 4.02. The molecule has 7 atom stereocenters. The number of amides is 1. The van der Waals surface area contributed by atoms with Gasteiger partial charge in [0.05, 0.1) is 25.4 Å². The molecule has 0 spiro atoms. The SMILES string of the molecule is CCCCCCCCCCCC(O)C(COC1OC(CO)C(O)C(O)C1O)NC(=O)CCC.